The quantitative estimate of drug-likeness (QED) is 0.485. The summed E-state index contributed by atoms with van der Waals surface area (Å²) < 4.78 is 0. The zero-order valence-corrected chi connectivity index (χ0v) is 6.17. The van der Waals surface area contributed by atoms with Gasteiger partial charge in [0, 0.05) is 12.0 Å². The van der Waals surface area contributed by atoms with Gasteiger partial charge in [0.15, 0.2) is 0 Å². The summed E-state index contributed by atoms with van der Waals surface area (Å²) in [6, 6.07) is 0. The van der Waals surface area contributed by atoms with Crippen LogP contribution in [0.15, 0.2) is 0 Å². The second-order valence-electron chi connectivity index (χ2n) is 2.96. The molecule has 0 fully saturated rings. The van der Waals surface area contributed by atoms with Crippen LogP contribution in [0, 0.1) is 0 Å². The van der Waals surface area contributed by atoms with Gasteiger partial charge in [0.1, 0.15) is 5.82 Å². The monoisotopic (exact) mass is 153 g/mol. The Labute approximate surface area is 64.4 Å². The van der Waals surface area contributed by atoms with Crippen LogP contribution in [0.25, 0.3) is 0 Å². The number of rotatable bonds is 0. The van der Waals surface area contributed by atoms with E-state index in [-0.39, 0.29) is 6.10 Å². The average Bonchev–Trinajstić information content (AvgIpc) is 2.33. The zero-order chi connectivity index (χ0) is 7.84. The molecule has 0 spiro atoms. The molecule has 0 saturated heterocycles. The molecule has 0 unspecified atom stereocenters. The fraction of sp³-hybridized carbons (Fsp3) is 0.571. The van der Waals surface area contributed by atoms with Gasteiger partial charge in [-0.05, 0) is 12.8 Å². The second-order valence-corrected chi connectivity index (χ2v) is 2.96. The topological polar surface area (TPSA) is 74.9 Å². The minimum absolute atomic E-state index is 0.234. The lowest BCUT2D eigenvalue weighted by Crippen LogP contribution is -2.18. The van der Waals surface area contributed by atoms with Crippen LogP contribution >= 0.6 is 0 Å². The Morgan fingerprint density at radius 3 is 3.27 bits per heavy atom. The van der Waals surface area contributed by atoms with E-state index in [0.29, 0.717) is 12.2 Å². The summed E-state index contributed by atoms with van der Waals surface area (Å²) in [7, 11) is 0. The molecule has 0 amide bonds. The summed E-state index contributed by atoms with van der Waals surface area (Å²) in [5.74, 6) is 0.610. The van der Waals surface area contributed by atoms with Gasteiger partial charge in [-0.25, -0.2) is 0 Å². The Bertz CT molecular complexity index is 269. The smallest absolute Gasteiger partial charge is 0.122 e. The van der Waals surface area contributed by atoms with Crippen molar-refractivity contribution in [3.8, 4) is 0 Å². The molecule has 1 atom stereocenters. The third kappa shape index (κ3) is 0.991. The van der Waals surface area contributed by atoms with E-state index in [1.54, 1.807) is 0 Å². The van der Waals surface area contributed by atoms with Crippen LogP contribution in [-0.2, 0) is 12.8 Å². The van der Waals surface area contributed by atoms with Crippen LogP contribution in [-0.4, -0.2) is 21.4 Å². The van der Waals surface area contributed by atoms with Gasteiger partial charge in [0.2, 0.25) is 0 Å². The van der Waals surface area contributed by atoms with Gasteiger partial charge >= 0.3 is 0 Å². The fourth-order valence-corrected chi connectivity index (χ4v) is 1.49. The molecule has 0 saturated carbocycles. The van der Waals surface area contributed by atoms with Crippen molar-refractivity contribution in [2.45, 2.75) is 25.4 Å². The van der Waals surface area contributed by atoms with Gasteiger partial charge in [-0.3, -0.25) is 5.10 Å². The van der Waals surface area contributed by atoms with Crippen molar-refractivity contribution in [3.05, 3.63) is 11.3 Å². The van der Waals surface area contributed by atoms with Crippen LogP contribution in [0.3, 0.4) is 0 Å². The minimum Gasteiger partial charge on any atom is -0.393 e. The fourth-order valence-electron chi connectivity index (χ4n) is 1.49. The molecule has 11 heavy (non-hydrogen) atoms. The lowest BCUT2D eigenvalue weighted by atomic mass is 9.95. The maximum absolute atomic E-state index is 9.30. The highest BCUT2D eigenvalue weighted by atomic mass is 16.3. The van der Waals surface area contributed by atoms with E-state index in [4.69, 9.17) is 5.73 Å². The van der Waals surface area contributed by atoms with Crippen LogP contribution < -0.4 is 5.73 Å². The summed E-state index contributed by atoms with van der Waals surface area (Å²) in [6.07, 6.45) is 2.06. The lowest BCUT2D eigenvalue weighted by Gasteiger charge is -2.15. The Kier molecular flexibility index (Phi) is 1.35. The molecule has 60 valence electrons. The second kappa shape index (κ2) is 2.23. The molecule has 0 aliphatic heterocycles. The number of aliphatic hydroxyl groups is 1. The Morgan fingerprint density at radius 1 is 1.64 bits per heavy atom. The van der Waals surface area contributed by atoms with E-state index in [1.165, 1.54) is 0 Å². The molecular weight excluding hydrogens is 142 g/mol. The van der Waals surface area contributed by atoms with E-state index in [9.17, 15) is 5.11 Å². The molecule has 2 rings (SSSR count). The molecule has 1 aromatic heterocycles. The molecular formula is C7H11N3O. The third-order valence-corrected chi connectivity index (χ3v) is 2.14. The molecule has 1 aromatic rings. The molecule has 0 aromatic carbocycles. The largest absolute Gasteiger partial charge is 0.393 e. The highest BCUT2D eigenvalue weighted by Gasteiger charge is 2.20. The predicted molar refractivity (Wildman–Crippen MR) is 41.0 cm³/mol. The van der Waals surface area contributed by atoms with Crippen molar-refractivity contribution in [1.29, 1.82) is 0 Å². The Balaban J connectivity index is 2.37. The minimum atomic E-state index is -0.234. The molecule has 0 radical (unpaired) electrons. The van der Waals surface area contributed by atoms with E-state index in [2.05, 4.69) is 10.2 Å². The van der Waals surface area contributed by atoms with Gasteiger partial charge in [-0.1, -0.05) is 0 Å². The van der Waals surface area contributed by atoms with Crippen molar-refractivity contribution < 1.29 is 5.11 Å². The van der Waals surface area contributed by atoms with Gasteiger partial charge in [0.25, 0.3) is 0 Å². The third-order valence-electron chi connectivity index (χ3n) is 2.14. The number of hydrogen-bond acceptors (Lipinski definition) is 3. The highest BCUT2D eigenvalue weighted by Crippen LogP contribution is 2.23. The number of aryl methyl sites for hydroxylation is 1. The van der Waals surface area contributed by atoms with E-state index in [1.807, 2.05) is 0 Å². The predicted octanol–water partition coefficient (Wildman–Crippen LogP) is -0.159. The number of aliphatic hydroxyl groups excluding tert-OH is 1. The van der Waals surface area contributed by atoms with Crippen LogP contribution in [0.1, 0.15) is 17.7 Å². The maximum Gasteiger partial charge on any atom is 0.122 e. The zero-order valence-electron chi connectivity index (χ0n) is 6.17. The Morgan fingerprint density at radius 2 is 2.45 bits per heavy atom. The number of nitrogens with two attached hydrogens (primary N) is 1. The van der Waals surface area contributed by atoms with Crippen molar-refractivity contribution in [2.75, 3.05) is 5.73 Å². The molecule has 1 aliphatic rings. The Hall–Kier alpha value is -1.03. The van der Waals surface area contributed by atoms with Crippen molar-refractivity contribution in [3.63, 3.8) is 0 Å². The number of nitrogen functional groups attached to an aromatic ring is 1. The number of aromatic nitrogens is 2. The number of aromatic amines is 1. The molecule has 4 nitrogen and oxygen atoms in total. The molecule has 4 heteroatoms. The number of H-pyrrole nitrogens is 1. The first-order valence-corrected chi connectivity index (χ1v) is 3.77. The van der Waals surface area contributed by atoms with Crippen LogP contribution in [0.2, 0.25) is 0 Å². The van der Waals surface area contributed by atoms with E-state index >= 15 is 0 Å². The summed E-state index contributed by atoms with van der Waals surface area (Å²) in [4.78, 5) is 0. The van der Waals surface area contributed by atoms with Gasteiger partial charge in [-0.2, -0.15) is 5.10 Å². The SMILES string of the molecule is Nc1[nH]nc2c1C[C@H](O)CC2. The number of anilines is 1. The average molecular weight is 153 g/mol. The maximum atomic E-state index is 9.30. The van der Waals surface area contributed by atoms with Crippen molar-refractivity contribution in [1.82, 2.24) is 10.2 Å². The van der Waals surface area contributed by atoms with E-state index in [0.717, 1.165) is 24.1 Å². The number of fused-ring (bicyclic) bond motifs is 1. The summed E-state index contributed by atoms with van der Waals surface area (Å²) in [5.41, 5.74) is 7.62. The summed E-state index contributed by atoms with van der Waals surface area (Å²) in [5, 5.41) is 16.0. The van der Waals surface area contributed by atoms with Gasteiger partial charge < -0.3 is 10.8 Å². The number of nitrogens with one attached hydrogen (secondary N) is 1. The van der Waals surface area contributed by atoms with Crippen molar-refractivity contribution in [2.24, 2.45) is 0 Å². The van der Waals surface area contributed by atoms with Gasteiger partial charge in [0.05, 0.1) is 11.8 Å². The van der Waals surface area contributed by atoms with Crippen LogP contribution in [0.5, 0.6) is 0 Å². The molecule has 0 bridgehead atoms. The highest BCUT2D eigenvalue weighted by molar-refractivity contribution is 5.43. The first kappa shape index (κ1) is 6.67. The molecule has 4 N–H and O–H groups in total. The van der Waals surface area contributed by atoms with Crippen LogP contribution in [0.4, 0.5) is 5.82 Å². The summed E-state index contributed by atoms with van der Waals surface area (Å²) in [6.45, 7) is 0. The first-order valence-electron chi connectivity index (χ1n) is 3.77. The lowest BCUT2D eigenvalue weighted by molar-refractivity contribution is 0.158. The molecule has 1 heterocycles. The summed E-state index contributed by atoms with van der Waals surface area (Å²) >= 11 is 0. The van der Waals surface area contributed by atoms with E-state index < -0.39 is 0 Å². The standard InChI is InChI=1S/C7H11N3O/c8-7-5-3-4(11)1-2-6(5)9-10-7/h4,11H,1-3H2,(H3,8,9,10)/t4-/m1/s1. The normalized spacial score (nSPS) is 23.2. The molecule has 1 aliphatic carbocycles. The van der Waals surface area contributed by atoms with Gasteiger partial charge in [-0.15, -0.1) is 0 Å². The number of nitrogens with zero attached hydrogens (tertiary/aromatic N) is 1. The first-order chi connectivity index (χ1) is 5.27. The van der Waals surface area contributed by atoms with Crippen molar-refractivity contribution >= 4 is 5.82 Å². The number of hydrogen-bond donors (Lipinski definition) is 3.